The highest BCUT2D eigenvalue weighted by atomic mass is 35.5. The number of carbonyl (C=O) groups excluding carboxylic acids is 1. The summed E-state index contributed by atoms with van der Waals surface area (Å²) in [6.45, 7) is 1.92. The van der Waals surface area contributed by atoms with E-state index >= 15 is 0 Å². The highest BCUT2D eigenvalue weighted by Crippen LogP contribution is 2.31. The molecule has 1 N–H and O–H groups in total. The second-order valence-electron chi connectivity index (χ2n) is 6.93. The first kappa shape index (κ1) is 25.1. The number of nitrogens with zero attached hydrogens (tertiary/aromatic N) is 1. The molecule has 10 heteroatoms. The molecule has 0 fully saturated rings. The van der Waals surface area contributed by atoms with E-state index in [4.69, 9.17) is 32.7 Å². The number of nitrogens with one attached hydrogen (secondary N) is 1. The predicted molar refractivity (Wildman–Crippen MR) is 124 cm³/mol. The van der Waals surface area contributed by atoms with E-state index in [1.165, 1.54) is 12.1 Å². The van der Waals surface area contributed by atoms with Crippen molar-refractivity contribution in [2.75, 3.05) is 31.3 Å². The van der Waals surface area contributed by atoms with Crippen LogP contribution < -0.4 is 19.1 Å². The molecule has 170 valence electrons. The molecule has 1 amide bonds. The maximum atomic E-state index is 12.5. The Labute approximate surface area is 193 Å². The third kappa shape index (κ3) is 6.92. The highest BCUT2D eigenvalue weighted by molar-refractivity contribution is 7.92. The number of benzene rings is 2. The van der Waals surface area contributed by atoms with Gasteiger partial charge in [0.1, 0.15) is 11.5 Å². The standard InChI is InChI=1S/C21H26Cl2N2O5S/c1-14(17-13-16(29-2)8-10-20(17)30-3)24-21(26)6-5-11-25(31(4,27)28)19-12-15(22)7-9-18(19)23/h7-10,12-14H,5-6,11H2,1-4H3,(H,24,26)/t14-/m1/s1. The van der Waals surface area contributed by atoms with Gasteiger partial charge in [0.2, 0.25) is 15.9 Å². The topological polar surface area (TPSA) is 84.9 Å². The normalized spacial score (nSPS) is 12.2. The van der Waals surface area contributed by atoms with Gasteiger partial charge in [-0.2, -0.15) is 0 Å². The summed E-state index contributed by atoms with van der Waals surface area (Å²) in [7, 11) is -0.490. The van der Waals surface area contributed by atoms with Gasteiger partial charge in [-0.3, -0.25) is 9.10 Å². The molecule has 2 aromatic carbocycles. The first-order valence-electron chi connectivity index (χ1n) is 9.51. The van der Waals surface area contributed by atoms with E-state index in [2.05, 4.69) is 5.32 Å². The van der Waals surface area contributed by atoms with Crippen LogP contribution in [0.25, 0.3) is 0 Å². The summed E-state index contributed by atoms with van der Waals surface area (Å²) in [6.07, 6.45) is 1.51. The SMILES string of the molecule is COc1ccc(OC)c([C@@H](C)NC(=O)CCCN(c2cc(Cl)ccc2Cl)S(C)(=O)=O)c1. The van der Waals surface area contributed by atoms with E-state index in [9.17, 15) is 13.2 Å². The second-order valence-corrected chi connectivity index (χ2v) is 9.68. The summed E-state index contributed by atoms with van der Waals surface area (Å²) in [5.74, 6) is 1.06. The van der Waals surface area contributed by atoms with Gasteiger partial charge in [0.05, 0.1) is 37.2 Å². The first-order valence-corrected chi connectivity index (χ1v) is 12.1. The molecule has 0 saturated carbocycles. The molecule has 31 heavy (non-hydrogen) atoms. The number of halogens is 2. The molecule has 0 aromatic heterocycles. The molecule has 0 unspecified atom stereocenters. The summed E-state index contributed by atoms with van der Waals surface area (Å²) in [6, 6.07) is 9.63. The van der Waals surface area contributed by atoms with E-state index in [0.29, 0.717) is 22.9 Å². The number of rotatable bonds is 10. The van der Waals surface area contributed by atoms with Crippen LogP contribution in [-0.4, -0.2) is 41.3 Å². The summed E-state index contributed by atoms with van der Waals surface area (Å²) in [5.41, 5.74) is 1.06. The zero-order valence-corrected chi connectivity index (χ0v) is 20.1. The zero-order valence-electron chi connectivity index (χ0n) is 17.8. The fourth-order valence-electron chi connectivity index (χ4n) is 3.09. The minimum atomic E-state index is -3.61. The van der Waals surface area contributed by atoms with Crippen molar-refractivity contribution in [3.63, 3.8) is 0 Å². The number of sulfonamides is 1. The molecule has 0 bridgehead atoms. The summed E-state index contributed by atoms with van der Waals surface area (Å²) >= 11 is 12.2. The van der Waals surface area contributed by atoms with Gasteiger partial charge in [-0.1, -0.05) is 23.2 Å². The largest absolute Gasteiger partial charge is 0.497 e. The summed E-state index contributed by atoms with van der Waals surface area (Å²) in [4.78, 5) is 12.5. The molecule has 2 rings (SSSR count). The maximum absolute atomic E-state index is 12.5. The Morgan fingerprint density at radius 3 is 2.45 bits per heavy atom. The Kier molecular flexibility index (Phi) is 8.85. The molecule has 0 aliphatic heterocycles. The van der Waals surface area contributed by atoms with Gasteiger partial charge in [-0.25, -0.2) is 8.42 Å². The number of hydrogen-bond acceptors (Lipinski definition) is 5. The molecule has 0 radical (unpaired) electrons. The average Bonchev–Trinajstić information content (AvgIpc) is 2.71. The van der Waals surface area contributed by atoms with Crippen LogP contribution in [0.15, 0.2) is 36.4 Å². The zero-order chi connectivity index (χ0) is 23.2. The third-order valence-electron chi connectivity index (χ3n) is 4.62. The van der Waals surface area contributed by atoms with Crippen LogP contribution in [0.1, 0.15) is 31.4 Å². The Hall–Kier alpha value is -2.16. The quantitative estimate of drug-likeness (QED) is 0.534. The van der Waals surface area contributed by atoms with Crippen LogP contribution >= 0.6 is 23.2 Å². The fourth-order valence-corrected chi connectivity index (χ4v) is 4.50. The molecule has 0 aliphatic carbocycles. The van der Waals surface area contributed by atoms with Gasteiger partial charge in [-0.15, -0.1) is 0 Å². The lowest BCUT2D eigenvalue weighted by molar-refractivity contribution is -0.121. The van der Waals surface area contributed by atoms with Crippen LogP contribution in [0.5, 0.6) is 11.5 Å². The summed E-state index contributed by atoms with van der Waals surface area (Å²) in [5, 5.41) is 3.53. The maximum Gasteiger partial charge on any atom is 0.232 e. The monoisotopic (exact) mass is 488 g/mol. The molecule has 0 saturated heterocycles. The lowest BCUT2D eigenvalue weighted by Crippen LogP contribution is -2.33. The molecule has 2 aromatic rings. The minimum absolute atomic E-state index is 0.0865. The molecule has 0 aliphatic rings. The van der Waals surface area contributed by atoms with Gasteiger partial charge < -0.3 is 14.8 Å². The lowest BCUT2D eigenvalue weighted by Gasteiger charge is -2.24. The number of hydrogen-bond donors (Lipinski definition) is 1. The number of anilines is 1. The Morgan fingerprint density at radius 2 is 1.84 bits per heavy atom. The molecular weight excluding hydrogens is 463 g/mol. The third-order valence-corrected chi connectivity index (χ3v) is 6.36. The van der Waals surface area contributed by atoms with E-state index in [1.54, 1.807) is 38.5 Å². The Balaban J connectivity index is 2.04. The van der Waals surface area contributed by atoms with Crippen molar-refractivity contribution in [1.82, 2.24) is 5.32 Å². The van der Waals surface area contributed by atoms with Crippen molar-refractivity contribution in [1.29, 1.82) is 0 Å². The van der Waals surface area contributed by atoms with Crippen LogP contribution in [-0.2, 0) is 14.8 Å². The van der Waals surface area contributed by atoms with Crippen LogP contribution in [0.3, 0.4) is 0 Å². The van der Waals surface area contributed by atoms with Crippen molar-refractivity contribution < 1.29 is 22.7 Å². The van der Waals surface area contributed by atoms with E-state index < -0.39 is 10.0 Å². The minimum Gasteiger partial charge on any atom is -0.497 e. The van der Waals surface area contributed by atoms with Crippen LogP contribution in [0.2, 0.25) is 10.0 Å². The van der Waals surface area contributed by atoms with Crippen molar-refractivity contribution in [3.05, 3.63) is 52.0 Å². The van der Waals surface area contributed by atoms with Gasteiger partial charge in [0.15, 0.2) is 0 Å². The fraction of sp³-hybridized carbons (Fsp3) is 0.381. The molecule has 0 spiro atoms. The van der Waals surface area contributed by atoms with E-state index in [1.807, 2.05) is 6.92 Å². The predicted octanol–water partition coefficient (Wildman–Crippen LogP) is 4.43. The molecule has 0 heterocycles. The molecule has 7 nitrogen and oxygen atoms in total. The van der Waals surface area contributed by atoms with Crippen molar-refractivity contribution in [2.24, 2.45) is 0 Å². The first-order chi connectivity index (χ1) is 14.6. The van der Waals surface area contributed by atoms with Crippen molar-refractivity contribution >= 4 is 44.8 Å². The summed E-state index contributed by atoms with van der Waals surface area (Å²) < 4.78 is 36.3. The van der Waals surface area contributed by atoms with Gasteiger partial charge >= 0.3 is 0 Å². The molecule has 1 atom stereocenters. The number of methoxy groups -OCH3 is 2. The highest BCUT2D eigenvalue weighted by Gasteiger charge is 2.21. The van der Waals surface area contributed by atoms with Gasteiger partial charge in [0.25, 0.3) is 0 Å². The van der Waals surface area contributed by atoms with Crippen molar-refractivity contribution in [3.8, 4) is 11.5 Å². The van der Waals surface area contributed by atoms with Crippen LogP contribution in [0.4, 0.5) is 5.69 Å². The van der Waals surface area contributed by atoms with E-state index in [-0.39, 0.29) is 35.6 Å². The van der Waals surface area contributed by atoms with Gasteiger partial charge in [0, 0.05) is 23.6 Å². The van der Waals surface area contributed by atoms with Crippen molar-refractivity contribution in [2.45, 2.75) is 25.8 Å². The molecular formula is C21H26Cl2N2O5S. The number of carbonyl (C=O) groups is 1. The number of ether oxygens (including phenoxy) is 2. The smallest absolute Gasteiger partial charge is 0.232 e. The van der Waals surface area contributed by atoms with E-state index in [0.717, 1.165) is 16.1 Å². The lowest BCUT2D eigenvalue weighted by atomic mass is 10.1. The Morgan fingerprint density at radius 1 is 1.13 bits per heavy atom. The second kappa shape index (κ2) is 10.9. The number of amides is 1. The van der Waals surface area contributed by atoms with Gasteiger partial charge in [-0.05, 0) is 49.7 Å². The average molecular weight is 489 g/mol. The van der Waals surface area contributed by atoms with Crippen LogP contribution in [0, 0.1) is 0 Å². The Bertz CT molecular complexity index is 1030.